The molecule has 1 fully saturated rings. The normalized spacial score (nSPS) is 16.9. The number of ketones is 1. The molecule has 142 valence electrons. The summed E-state index contributed by atoms with van der Waals surface area (Å²) in [5.41, 5.74) is 2.77. The zero-order valence-corrected chi connectivity index (χ0v) is 15.9. The van der Waals surface area contributed by atoms with Crippen LogP contribution < -0.4 is 19.9 Å². The quantitative estimate of drug-likeness (QED) is 0.889. The van der Waals surface area contributed by atoms with Crippen LogP contribution in [0.25, 0.3) is 0 Å². The molecule has 0 saturated carbocycles. The Balaban J connectivity index is 1.50. The Bertz CT molecular complexity index is 812. The molecule has 7 nitrogen and oxygen atoms in total. The number of rotatable bonds is 4. The van der Waals surface area contributed by atoms with Gasteiger partial charge in [-0.25, -0.2) is 4.98 Å². The predicted octanol–water partition coefficient (Wildman–Crippen LogP) is 2.37. The summed E-state index contributed by atoms with van der Waals surface area (Å²) in [5, 5.41) is 3.09. The summed E-state index contributed by atoms with van der Waals surface area (Å²) in [5.74, 6) is 2.41. The zero-order chi connectivity index (χ0) is 18.8. The molecule has 0 atom stereocenters. The SMILES string of the molecule is CNc1nc(N2CCN(c3ccc(OC)cc3)CC2)nc2c1C(=O)CCC2. The summed E-state index contributed by atoms with van der Waals surface area (Å²) < 4.78 is 5.23. The van der Waals surface area contributed by atoms with Gasteiger partial charge in [0.2, 0.25) is 5.95 Å². The Hall–Kier alpha value is -2.83. The van der Waals surface area contributed by atoms with Crippen LogP contribution in [0.3, 0.4) is 0 Å². The van der Waals surface area contributed by atoms with E-state index in [0.29, 0.717) is 17.8 Å². The summed E-state index contributed by atoms with van der Waals surface area (Å²) >= 11 is 0. The van der Waals surface area contributed by atoms with Gasteiger partial charge in [0.05, 0.1) is 18.4 Å². The van der Waals surface area contributed by atoms with Crippen LogP contribution >= 0.6 is 0 Å². The maximum Gasteiger partial charge on any atom is 0.227 e. The number of nitrogens with zero attached hydrogens (tertiary/aromatic N) is 4. The molecule has 1 saturated heterocycles. The number of nitrogens with one attached hydrogen (secondary N) is 1. The van der Waals surface area contributed by atoms with Crippen molar-refractivity contribution in [2.45, 2.75) is 19.3 Å². The average Bonchev–Trinajstić information content (AvgIpc) is 2.73. The van der Waals surface area contributed by atoms with Crippen LogP contribution in [0.15, 0.2) is 24.3 Å². The number of anilines is 3. The second-order valence-electron chi connectivity index (χ2n) is 6.89. The van der Waals surface area contributed by atoms with Crippen molar-refractivity contribution >= 4 is 23.2 Å². The molecular weight excluding hydrogens is 342 g/mol. The Morgan fingerprint density at radius 1 is 1.00 bits per heavy atom. The van der Waals surface area contributed by atoms with Gasteiger partial charge in [0, 0.05) is 45.3 Å². The number of aromatic nitrogens is 2. The molecule has 2 aromatic rings. The monoisotopic (exact) mass is 367 g/mol. The predicted molar refractivity (Wildman–Crippen MR) is 106 cm³/mol. The van der Waals surface area contributed by atoms with E-state index in [9.17, 15) is 4.79 Å². The molecule has 1 aliphatic carbocycles. The first-order chi connectivity index (χ1) is 13.2. The zero-order valence-electron chi connectivity index (χ0n) is 15.9. The minimum Gasteiger partial charge on any atom is -0.497 e. The Morgan fingerprint density at radius 2 is 1.70 bits per heavy atom. The maximum atomic E-state index is 12.2. The smallest absolute Gasteiger partial charge is 0.227 e. The van der Waals surface area contributed by atoms with Crippen molar-refractivity contribution in [1.82, 2.24) is 9.97 Å². The first-order valence-electron chi connectivity index (χ1n) is 9.45. The van der Waals surface area contributed by atoms with Crippen LogP contribution in [0.4, 0.5) is 17.5 Å². The molecule has 4 rings (SSSR count). The molecule has 1 N–H and O–H groups in total. The summed E-state index contributed by atoms with van der Waals surface area (Å²) in [7, 11) is 3.50. The van der Waals surface area contributed by atoms with Gasteiger partial charge in [-0.05, 0) is 37.1 Å². The number of hydrogen-bond donors (Lipinski definition) is 1. The Kier molecular flexibility index (Phi) is 4.83. The number of hydrogen-bond acceptors (Lipinski definition) is 7. The van der Waals surface area contributed by atoms with Crippen molar-refractivity contribution in [2.75, 3.05) is 55.5 Å². The number of ether oxygens (including phenoxy) is 1. The highest BCUT2D eigenvalue weighted by atomic mass is 16.5. The fraction of sp³-hybridized carbons (Fsp3) is 0.450. The molecule has 0 spiro atoms. The number of carbonyl (C=O) groups excluding carboxylic acids is 1. The van der Waals surface area contributed by atoms with Gasteiger partial charge in [-0.3, -0.25) is 4.79 Å². The summed E-state index contributed by atoms with van der Waals surface area (Å²) in [6, 6.07) is 8.16. The highest BCUT2D eigenvalue weighted by Gasteiger charge is 2.26. The summed E-state index contributed by atoms with van der Waals surface area (Å²) in [6.45, 7) is 3.50. The van der Waals surface area contributed by atoms with Crippen molar-refractivity contribution in [3.63, 3.8) is 0 Å². The Labute approximate surface area is 159 Å². The van der Waals surface area contributed by atoms with E-state index in [1.807, 2.05) is 19.2 Å². The van der Waals surface area contributed by atoms with Gasteiger partial charge < -0.3 is 19.9 Å². The lowest BCUT2D eigenvalue weighted by molar-refractivity contribution is 0.0972. The second-order valence-corrected chi connectivity index (χ2v) is 6.89. The van der Waals surface area contributed by atoms with Gasteiger partial charge in [-0.2, -0.15) is 4.98 Å². The first-order valence-corrected chi connectivity index (χ1v) is 9.45. The summed E-state index contributed by atoms with van der Waals surface area (Å²) in [4.78, 5) is 26.2. The van der Waals surface area contributed by atoms with Gasteiger partial charge in [-0.15, -0.1) is 0 Å². The maximum absolute atomic E-state index is 12.2. The molecule has 0 bridgehead atoms. The first kappa shape index (κ1) is 17.6. The molecule has 0 radical (unpaired) electrons. The van der Waals surface area contributed by atoms with Gasteiger partial charge in [0.25, 0.3) is 0 Å². The van der Waals surface area contributed by atoms with E-state index in [1.54, 1.807) is 7.11 Å². The highest BCUT2D eigenvalue weighted by Crippen LogP contribution is 2.28. The van der Waals surface area contributed by atoms with E-state index in [1.165, 1.54) is 5.69 Å². The van der Waals surface area contributed by atoms with Crippen LogP contribution in [0.2, 0.25) is 0 Å². The largest absolute Gasteiger partial charge is 0.497 e. The van der Waals surface area contributed by atoms with Crippen LogP contribution in [0.1, 0.15) is 28.9 Å². The molecule has 2 heterocycles. The lowest BCUT2D eigenvalue weighted by Crippen LogP contribution is -2.47. The topological polar surface area (TPSA) is 70.6 Å². The van der Waals surface area contributed by atoms with Crippen LogP contribution in [-0.4, -0.2) is 56.1 Å². The second kappa shape index (κ2) is 7.42. The number of methoxy groups -OCH3 is 1. The number of piperazine rings is 1. The van der Waals surface area contributed by atoms with Gasteiger partial charge in [0.1, 0.15) is 11.6 Å². The van der Waals surface area contributed by atoms with Crippen LogP contribution in [-0.2, 0) is 6.42 Å². The third-order valence-electron chi connectivity index (χ3n) is 5.31. The molecule has 1 aliphatic heterocycles. The molecular formula is C20H25N5O2. The van der Waals surface area contributed by atoms with E-state index in [2.05, 4.69) is 32.2 Å². The number of carbonyl (C=O) groups is 1. The third-order valence-corrected chi connectivity index (χ3v) is 5.31. The van der Waals surface area contributed by atoms with Crippen molar-refractivity contribution < 1.29 is 9.53 Å². The highest BCUT2D eigenvalue weighted by molar-refractivity contribution is 6.02. The third kappa shape index (κ3) is 3.41. The standard InChI is InChI=1S/C20H25N5O2/c1-21-19-18-16(4-3-5-17(18)26)22-20(23-19)25-12-10-24(11-13-25)14-6-8-15(27-2)9-7-14/h6-9H,3-5,10-13H2,1-2H3,(H,21,22,23). The lowest BCUT2D eigenvalue weighted by Gasteiger charge is -2.36. The molecule has 0 amide bonds. The van der Waals surface area contributed by atoms with Gasteiger partial charge >= 0.3 is 0 Å². The Morgan fingerprint density at radius 3 is 2.37 bits per heavy atom. The van der Waals surface area contributed by atoms with Gasteiger partial charge in [-0.1, -0.05) is 0 Å². The summed E-state index contributed by atoms with van der Waals surface area (Å²) in [6.07, 6.45) is 2.30. The number of benzene rings is 1. The average molecular weight is 367 g/mol. The molecule has 0 unspecified atom stereocenters. The van der Waals surface area contributed by atoms with E-state index in [4.69, 9.17) is 9.72 Å². The number of fused-ring (bicyclic) bond motifs is 1. The van der Waals surface area contributed by atoms with E-state index < -0.39 is 0 Å². The minimum absolute atomic E-state index is 0.150. The van der Waals surface area contributed by atoms with Crippen molar-refractivity contribution in [2.24, 2.45) is 0 Å². The molecule has 27 heavy (non-hydrogen) atoms. The minimum atomic E-state index is 0.150. The molecule has 2 aliphatic rings. The molecule has 1 aromatic carbocycles. The number of aryl methyl sites for hydroxylation is 1. The van der Waals surface area contributed by atoms with Crippen LogP contribution in [0, 0.1) is 0 Å². The van der Waals surface area contributed by atoms with E-state index >= 15 is 0 Å². The van der Waals surface area contributed by atoms with E-state index in [-0.39, 0.29) is 5.78 Å². The number of Topliss-reactive ketones (excluding diaryl/α,β-unsaturated/α-hetero) is 1. The fourth-order valence-corrected chi connectivity index (χ4v) is 3.79. The van der Waals surface area contributed by atoms with Crippen molar-refractivity contribution in [3.8, 4) is 5.75 Å². The fourth-order valence-electron chi connectivity index (χ4n) is 3.79. The lowest BCUT2D eigenvalue weighted by atomic mass is 9.95. The van der Waals surface area contributed by atoms with Crippen molar-refractivity contribution in [1.29, 1.82) is 0 Å². The van der Waals surface area contributed by atoms with Gasteiger partial charge in [0.15, 0.2) is 5.78 Å². The van der Waals surface area contributed by atoms with E-state index in [0.717, 1.165) is 56.4 Å². The molecule has 7 heteroatoms. The van der Waals surface area contributed by atoms with Crippen molar-refractivity contribution in [3.05, 3.63) is 35.5 Å². The molecule has 1 aromatic heterocycles. The van der Waals surface area contributed by atoms with Crippen LogP contribution in [0.5, 0.6) is 5.75 Å².